The van der Waals surface area contributed by atoms with Gasteiger partial charge in [-0.25, -0.2) is 0 Å². The molecular weight excluding hydrogens is 378 g/mol. The molecule has 2 aromatic rings. The molecule has 1 atom stereocenters. The van der Waals surface area contributed by atoms with Crippen LogP contribution in [0.5, 0.6) is 11.5 Å². The van der Waals surface area contributed by atoms with Gasteiger partial charge < -0.3 is 14.6 Å². The molecule has 3 rings (SSSR count). The van der Waals surface area contributed by atoms with E-state index in [1.165, 1.54) is 16.7 Å². The molecule has 0 aliphatic carbocycles. The molecule has 1 aliphatic heterocycles. The molecule has 1 heterocycles. The van der Waals surface area contributed by atoms with Crippen LogP contribution in [0.15, 0.2) is 36.4 Å². The van der Waals surface area contributed by atoms with Gasteiger partial charge in [0, 0.05) is 0 Å². The van der Waals surface area contributed by atoms with E-state index in [0.717, 1.165) is 30.2 Å². The molecule has 0 radical (unpaired) electrons. The summed E-state index contributed by atoms with van der Waals surface area (Å²) >= 11 is 0. The summed E-state index contributed by atoms with van der Waals surface area (Å²) in [5.41, 5.74) is 4.83. The fourth-order valence-electron chi connectivity index (χ4n) is 4.42. The molecule has 30 heavy (non-hydrogen) atoms. The standard InChI is InChI=1S/C25H33NO4/c1-5-29-22-8-7-20(16-23(22)30-6-2)24(21-14-17(3)13-18(4)15-21)26-11-9-19(10-12-26)25(27)28/h7-8,13-16,19,24H,5-6,9-12H2,1-4H3,(H,27,28). The van der Waals surface area contributed by atoms with E-state index in [-0.39, 0.29) is 12.0 Å². The Kier molecular flexibility index (Phi) is 7.38. The van der Waals surface area contributed by atoms with E-state index >= 15 is 0 Å². The highest BCUT2D eigenvalue weighted by Gasteiger charge is 2.31. The number of aryl methyl sites for hydroxylation is 2. The molecule has 5 nitrogen and oxygen atoms in total. The number of carbonyl (C=O) groups is 1. The maximum absolute atomic E-state index is 11.4. The molecule has 0 spiro atoms. The van der Waals surface area contributed by atoms with Crippen molar-refractivity contribution in [1.29, 1.82) is 0 Å². The first-order chi connectivity index (χ1) is 14.4. The number of nitrogens with zero attached hydrogens (tertiary/aromatic N) is 1. The number of carboxylic acid groups (broad SMARTS) is 1. The zero-order valence-electron chi connectivity index (χ0n) is 18.5. The molecule has 1 saturated heterocycles. The van der Waals surface area contributed by atoms with Gasteiger partial charge in [0.05, 0.1) is 25.2 Å². The minimum atomic E-state index is -0.683. The average Bonchev–Trinajstić information content (AvgIpc) is 2.70. The van der Waals surface area contributed by atoms with Crippen molar-refractivity contribution < 1.29 is 19.4 Å². The molecule has 2 aromatic carbocycles. The summed E-state index contributed by atoms with van der Waals surface area (Å²) in [6.07, 6.45) is 1.35. The van der Waals surface area contributed by atoms with Crippen LogP contribution in [-0.2, 0) is 4.79 Å². The second-order valence-corrected chi connectivity index (χ2v) is 8.04. The van der Waals surface area contributed by atoms with Crippen LogP contribution in [0.2, 0.25) is 0 Å². The number of hydrogen-bond acceptors (Lipinski definition) is 4. The van der Waals surface area contributed by atoms with Crippen LogP contribution in [-0.4, -0.2) is 42.3 Å². The average molecular weight is 412 g/mol. The first-order valence-corrected chi connectivity index (χ1v) is 10.9. The highest BCUT2D eigenvalue weighted by Crippen LogP contribution is 2.38. The molecule has 162 valence electrons. The number of likely N-dealkylation sites (tertiary alicyclic amines) is 1. The van der Waals surface area contributed by atoms with Crippen molar-refractivity contribution in [1.82, 2.24) is 4.90 Å². The van der Waals surface area contributed by atoms with Gasteiger partial charge in [-0.2, -0.15) is 0 Å². The fourth-order valence-corrected chi connectivity index (χ4v) is 4.42. The third-order valence-electron chi connectivity index (χ3n) is 5.69. The van der Waals surface area contributed by atoms with E-state index in [0.29, 0.717) is 26.1 Å². The van der Waals surface area contributed by atoms with Crippen molar-refractivity contribution in [3.8, 4) is 11.5 Å². The van der Waals surface area contributed by atoms with Crippen molar-refractivity contribution in [2.45, 2.75) is 46.6 Å². The molecule has 5 heteroatoms. The lowest BCUT2D eigenvalue weighted by atomic mass is 9.90. The van der Waals surface area contributed by atoms with Crippen LogP contribution >= 0.6 is 0 Å². The number of carboxylic acids is 1. The zero-order chi connectivity index (χ0) is 21.7. The minimum Gasteiger partial charge on any atom is -0.490 e. The Morgan fingerprint density at radius 1 is 0.967 bits per heavy atom. The molecule has 1 fully saturated rings. The van der Waals surface area contributed by atoms with Crippen LogP contribution in [0.25, 0.3) is 0 Å². The maximum atomic E-state index is 11.4. The van der Waals surface area contributed by atoms with Gasteiger partial charge in [0.25, 0.3) is 0 Å². The lowest BCUT2D eigenvalue weighted by Crippen LogP contribution is -2.39. The highest BCUT2D eigenvalue weighted by atomic mass is 16.5. The zero-order valence-corrected chi connectivity index (χ0v) is 18.5. The Labute approximate surface area is 179 Å². The van der Waals surface area contributed by atoms with Crippen LogP contribution in [0, 0.1) is 19.8 Å². The summed E-state index contributed by atoms with van der Waals surface area (Å²) in [4.78, 5) is 13.8. The first kappa shape index (κ1) is 22.2. The molecule has 0 bridgehead atoms. The smallest absolute Gasteiger partial charge is 0.306 e. The predicted molar refractivity (Wildman–Crippen MR) is 118 cm³/mol. The Balaban J connectivity index is 2.01. The van der Waals surface area contributed by atoms with Gasteiger partial charge in [0.1, 0.15) is 0 Å². The number of ether oxygens (including phenoxy) is 2. The molecule has 1 N–H and O–H groups in total. The van der Waals surface area contributed by atoms with E-state index in [4.69, 9.17) is 9.47 Å². The second kappa shape index (κ2) is 9.98. The number of rotatable bonds is 8. The van der Waals surface area contributed by atoms with Crippen LogP contribution < -0.4 is 9.47 Å². The monoisotopic (exact) mass is 411 g/mol. The number of aliphatic carboxylic acids is 1. The van der Waals surface area contributed by atoms with Crippen molar-refractivity contribution in [2.24, 2.45) is 5.92 Å². The largest absolute Gasteiger partial charge is 0.490 e. The van der Waals surface area contributed by atoms with Gasteiger partial charge in [0.2, 0.25) is 0 Å². The molecule has 0 amide bonds. The molecule has 1 aliphatic rings. The SMILES string of the molecule is CCOc1ccc(C(c2cc(C)cc(C)c2)N2CCC(C(=O)O)CC2)cc1OCC. The van der Waals surface area contributed by atoms with Crippen molar-refractivity contribution >= 4 is 5.97 Å². The van der Waals surface area contributed by atoms with Crippen LogP contribution in [0.1, 0.15) is 55.0 Å². The predicted octanol–water partition coefficient (Wildman–Crippen LogP) is 4.99. The molecule has 1 unspecified atom stereocenters. The van der Waals surface area contributed by atoms with E-state index < -0.39 is 5.97 Å². The Morgan fingerprint density at radius 2 is 1.57 bits per heavy atom. The summed E-state index contributed by atoms with van der Waals surface area (Å²) < 4.78 is 11.6. The van der Waals surface area contributed by atoms with Crippen molar-refractivity contribution in [3.05, 3.63) is 58.7 Å². The van der Waals surface area contributed by atoms with Gasteiger partial charge in [-0.3, -0.25) is 9.69 Å². The Hall–Kier alpha value is -2.53. The third-order valence-corrected chi connectivity index (χ3v) is 5.69. The Bertz CT molecular complexity index is 851. The summed E-state index contributed by atoms with van der Waals surface area (Å²) in [6.45, 7) is 10.8. The topological polar surface area (TPSA) is 59.0 Å². The fraction of sp³-hybridized carbons (Fsp3) is 0.480. The number of piperidine rings is 1. The normalized spacial score (nSPS) is 16.3. The summed E-state index contributed by atoms with van der Waals surface area (Å²) in [5, 5.41) is 9.40. The molecule has 0 saturated carbocycles. The first-order valence-electron chi connectivity index (χ1n) is 10.9. The summed E-state index contributed by atoms with van der Waals surface area (Å²) in [6, 6.07) is 12.9. The quantitative estimate of drug-likeness (QED) is 0.663. The van der Waals surface area contributed by atoms with E-state index in [9.17, 15) is 9.90 Å². The number of benzene rings is 2. The summed E-state index contributed by atoms with van der Waals surface area (Å²) in [5.74, 6) is 0.580. The molecule has 0 aromatic heterocycles. The van der Waals surface area contributed by atoms with Crippen molar-refractivity contribution in [3.63, 3.8) is 0 Å². The minimum absolute atomic E-state index is 0.0493. The van der Waals surface area contributed by atoms with Crippen LogP contribution in [0.4, 0.5) is 0 Å². The van der Waals surface area contributed by atoms with E-state index in [1.807, 2.05) is 19.9 Å². The van der Waals surface area contributed by atoms with Gasteiger partial charge >= 0.3 is 5.97 Å². The van der Waals surface area contributed by atoms with E-state index in [1.54, 1.807) is 0 Å². The van der Waals surface area contributed by atoms with E-state index in [2.05, 4.69) is 49.1 Å². The van der Waals surface area contributed by atoms with Crippen molar-refractivity contribution in [2.75, 3.05) is 26.3 Å². The van der Waals surface area contributed by atoms with Gasteiger partial charge in [-0.05, 0) is 76.9 Å². The van der Waals surface area contributed by atoms with Crippen LogP contribution in [0.3, 0.4) is 0 Å². The highest BCUT2D eigenvalue weighted by molar-refractivity contribution is 5.70. The summed E-state index contributed by atoms with van der Waals surface area (Å²) in [7, 11) is 0. The second-order valence-electron chi connectivity index (χ2n) is 8.04. The maximum Gasteiger partial charge on any atom is 0.306 e. The van der Waals surface area contributed by atoms with Gasteiger partial charge in [-0.15, -0.1) is 0 Å². The molecular formula is C25H33NO4. The Morgan fingerprint density at radius 3 is 2.13 bits per heavy atom. The number of hydrogen-bond donors (Lipinski definition) is 1. The van der Waals surface area contributed by atoms with Gasteiger partial charge in [-0.1, -0.05) is 35.4 Å². The lowest BCUT2D eigenvalue weighted by Gasteiger charge is -2.37. The van der Waals surface area contributed by atoms with Gasteiger partial charge in [0.15, 0.2) is 11.5 Å². The lowest BCUT2D eigenvalue weighted by molar-refractivity contribution is -0.143. The third kappa shape index (κ3) is 5.14.